The average Bonchev–Trinajstić information content (AvgIpc) is 2.47. The van der Waals surface area contributed by atoms with Crippen LogP contribution in [0.2, 0.25) is 0 Å². The van der Waals surface area contributed by atoms with Gasteiger partial charge in [-0.25, -0.2) is 0 Å². The van der Waals surface area contributed by atoms with Crippen LogP contribution >= 0.6 is 0 Å². The van der Waals surface area contributed by atoms with Crippen molar-refractivity contribution in [3.63, 3.8) is 0 Å². The number of benzene rings is 2. The zero-order valence-electron chi connectivity index (χ0n) is 12.7. The highest BCUT2D eigenvalue weighted by Crippen LogP contribution is 2.19. The van der Waals surface area contributed by atoms with Crippen LogP contribution in [0, 0.1) is 13.8 Å². The maximum atomic E-state index is 5.17. The maximum Gasteiger partial charge on any atom is 0.118 e. The Bertz CT molecular complexity index is 560. The molecule has 0 bridgehead atoms. The fourth-order valence-corrected chi connectivity index (χ4v) is 2.35. The van der Waals surface area contributed by atoms with Crippen molar-refractivity contribution < 1.29 is 4.74 Å². The van der Waals surface area contributed by atoms with E-state index in [4.69, 9.17) is 4.74 Å². The van der Waals surface area contributed by atoms with Gasteiger partial charge in [0, 0.05) is 12.6 Å². The zero-order valence-corrected chi connectivity index (χ0v) is 12.7. The third-order valence-electron chi connectivity index (χ3n) is 3.67. The average molecular weight is 269 g/mol. The van der Waals surface area contributed by atoms with E-state index >= 15 is 0 Å². The molecule has 0 fully saturated rings. The van der Waals surface area contributed by atoms with Crippen LogP contribution in [0.4, 0.5) is 0 Å². The molecule has 0 aliphatic carbocycles. The van der Waals surface area contributed by atoms with Crippen molar-refractivity contribution in [1.29, 1.82) is 0 Å². The molecule has 0 aliphatic heterocycles. The summed E-state index contributed by atoms with van der Waals surface area (Å²) in [4.78, 5) is 0. The van der Waals surface area contributed by atoms with Gasteiger partial charge in [0.15, 0.2) is 0 Å². The summed E-state index contributed by atoms with van der Waals surface area (Å²) in [5.41, 5.74) is 5.29. The van der Waals surface area contributed by atoms with Crippen molar-refractivity contribution in [1.82, 2.24) is 5.32 Å². The lowest BCUT2D eigenvalue weighted by molar-refractivity contribution is 0.414. The molecule has 0 radical (unpaired) electrons. The van der Waals surface area contributed by atoms with Crippen LogP contribution in [0.1, 0.15) is 35.2 Å². The molecule has 106 valence electrons. The Labute approximate surface area is 121 Å². The molecule has 0 heterocycles. The molecular formula is C18H23NO. The highest BCUT2D eigenvalue weighted by atomic mass is 16.5. The molecule has 0 aliphatic rings. The minimum Gasteiger partial charge on any atom is -0.497 e. The molecule has 0 spiro atoms. The van der Waals surface area contributed by atoms with E-state index < -0.39 is 0 Å². The number of hydrogen-bond donors (Lipinski definition) is 1. The first-order valence-corrected chi connectivity index (χ1v) is 7.03. The standard InChI is InChI=1S/C18H23NO/c1-13-5-6-14(2)18(11-13)15(3)19-12-16-7-9-17(20-4)10-8-16/h5-11,15,19H,12H2,1-4H3. The second kappa shape index (κ2) is 6.58. The fraction of sp³-hybridized carbons (Fsp3) is 0.333. The topological polar surface area (TPSA) is 21.3 Å². The molecule has 1 unspecified atom stereocenters. The molecule has 0 saturated carbocycles. The van der Waals surface area contributed by atoms with Gasteiger partial charge in [-0.2, -0.15) is 0 Å². The summed E-state index contributed by atoms with van der Waals surface area (Å²) in [5.74, 6) is 0.899. The van der Waals surface area contributed by atoms with Crippen LogP contribution in [0.3, 0.4) is 0 Å². The van der Waals surface area contributed by atoms with E-state index in [0.29, 0.717) is 6.04 Å². The number of nitrogens with one attached hydrogen (secondary N) is 1. The molecule has 1 N–H and O–H groups in total. The molecule has 20 heavy (non-hydrogen) atoms. The summed E-state index contributed by atoms with van der Waals surface area (Å²) in [6.45, 7) is 7.38. The summed E-state index contributed by atoms with van der Waals surface area (Å²) in [7, 11) is 1.69. The zero-order chi connectivity index (χ0) is 14.5. The predicted octanol–water partition coefficient (Wildman–Crippen LogP) is 4.16. The van der Waals surface area contributed by atoms with Crippen LogP contribution in [0.25, 0.3) is 0 Å². The Morgan fingerprint density at radius 1 is 1.05 bits per heavy atom. The fourth-order valence-electron chi connectivity index (χ4n) is 2.35. The van der Waals surface area contributed by atoms with Crippen molar-refractivity contribution in [2.75, 3.05) is 7.11 Å². The SMILES string of the molecule is COc1ccc(CNC(C)c2cc(C)ccc2C)cc1. The highest BCUT2D eigenvalue weighted by molar-refractivity contribution is 5.33. The maximum absolute atomic E-state index is 5.17. The van der Waals surface area contributed by atoms with Gasteiger partial charge in [0.05, 0.1) is 7.11 Å². The summed E-state index contributed by atoms with van der Waals surface area (Å²) < 4.78 is 5.17. The van der Waals surface area contributed by atoms with Crippen molar-refractivity contribution in [2.24, 2.45) is 0 Å². The van der Waals surface area contributed by atoms with Gasteiger partial charge >= 0.3 is 0 Å². The number of hydrogen-bond acceptors (Lipinski definition) is 2. The first-order chi connectivity index (χ1) is 9.60. The van der Waals surface area contributed by atoms with Crippen LogP contribution in [0.5, 0.6) is 5.75 Å². The molecule has 2 aromatic carbocycles. The molecular weight excluding hydrogens is 246 g/mol. The quantitative estimate of drug-likeness (QED) is 0.880. The Hall–Kier alpha value is -1.80. The molecule has 0 amide bonds. The third-order valence-corrected chi connectivity index (χ3v) is 3.67. The van der Waals surface area contributed by atoms with E-state index in [1.807, 2.05) is 12.1 Å². The first-order valence-electron chi connectivity index (χ1n) is 7.03. The van der Waals surface area contributed by atoms with Crippen LogP contribution in [-0.4, -0.2) is 7.11 Å². The van der Waals surface area contributed by atoms with E-state index in [0.717, 1.165) is 12.3 Å². The van der Waals surface area contributed by atoms with E-state index in [1.54, 1.807) is 7.11 Å². The predicted molar refractivity (Wildman–Crippen MR) is 84.2 cm³/mol. The van der Waals surface area contributed by atoms with E-state index in [9.17, 15) is 0 Å². The third kappa shape index (κ3) is 3.61. The van der Waals surface area contributed by atoms with Gasteiger partial charge in [0.1, 0.15) is 5.75 Å². The van der Waals surface area contributed by atoms with Gasteiger partial charge in [0.25, 0.3) is 0 Å². The molecule has 0 aromatic heterocycles. The minimum atomic E-state index is 0.344. The van der Waals surface area contributed by atoms with Crippen molar-refractivity contribution in [2.45, 2.75) is 33.4 Å². The van der Waals surface area contributed by atoms with E-state index in [1.165, 1.54) is 22.3 Å². The number of ether oxygens (including phenoxy) is 1. The molecule has 1 atom stereocenters. The minimum absolute atomic E-state index is 0.344. The van der Waals surface area contributed by atoms with Gasteiger partial charge in [-0.3, -0.25) is 0 Å². The van der Waals surface area contributed by atoms with E-state index in [2.05, 4.69) is 56.4 Å². The Morgan fingerprint density at radius 3 is 2.40 bits per heavy atom. The Morgan fingerprint density at radius 2 is 1.75 bits per heavy atom. The van der Waals surface area contributed by atoms with Crippen LogP contribution in [0.15, 0.2) is 42.5 Å². The highest BCUT2D eigenvalue weighted by Gasteiger charge is 2.08. The molecule has 0 saturated heterocycles. The second-order valence-corrected chi connectivity index (χ2v) is 5.31. The Kier molecular flexibility index (Phi) is 4.80. The van der Waals surface area contributed by atoms with Crippen molar-refractivity contribution >= 4 is 0 Å². The lowest BCUT2D eigenvalue weighted by Crippen LogP contribution is -2.19. The van der Waals surface area contributed by atoms with Crippen LogP contribution < -0.4 is 10.1 Å². The number of aryl methyl sites for hydroxylation is 2. The van der Waals surface area contributed by atoms with Crippen molar-refractivity contribution in [3.05, 3.63) is 64.7 Å². The number of methoxy groups -OCH3 is 1. The summed E-state index contributed by atoms with van der Waals surface area (Å²) >= 11 is 0. The lowest BCUT2D eigenvalue weighted by atomic mass is 10.00. The first kappa shape index (κ1) is 14.6. The smallest absolute Gasteiger partial charge is 0.118 e. The summed E-state index contributed by atoms with van der Waals surface area (Å²) in [6.07, 6.45) is 0. The van der Waals surface area contributed by atoms with Gasteiger partial charge in [-0.1, -0.05) is 35.9 Å². The van der Waals surface area contributed by atoms with Gasteiger partial charge < -0.3 is 10.1 Å². The molecule has 2 rings (SSSR count). The van der Waals surface area contributed by atoms with Gasteiger partial charge in [-0.15, -0.1) is 0 Å². The molecule has 2 aromatic rings. The van der Waals surface area contributed by atoms with Gasteiger partial charge in [0.2, 0.25) is 0 Å². The van der Waals surface area contributed by atoms with Crippen LogP contribution in [-0.2, 0) is 6.54 Å². The normalized spacial score (nSPS) is 12.2. The summed E-state index contributed by atoms with van der Waals surface area (Å²) in [6, 6.07) is 15.2. The second-order valence-electron chi connectivity index (χ2n) is 5.31. The Balaban J connectivity index is 2.00. The monoisotopic (exact) mass is 269 g/mol. The lowest BCUT2D eigenvalue weighted by Gasteiger charge is -2.17. The number of rotatable bonds is 5. The largest absolute Gasteiger partial charge is 0.497 e. The van der Waals surface area contributed by atoms with E-state index in [-0.39, 0.29) is 0 Å². The molecule has 2 heteroatoms. The van der Waals surface area contributed by atoms with Crippen molar-refractivity contribution in [3.8, 4) is 5.75 Å². The molecule has 2 nitrogen and oxygen atoms in total. The summed E-state index contributed by atoms with van der Waals surface area (Å²) in [5, 5.41) is 3.58. The van der Waals surface area contributed by atoms with Gasteiger partial charge in [-0.05, 0) is 49.6 Å².